The first kappa shape index (κ1) is 14.3. The largest absolute Gasteiger partial charge is 0.315 e. The molecule has 0 aliphatic rings. The minimum Gasteiger partial charge on any atom is -0.315 e. The van der Waals surface area contributed by atoms with Crippen molar-refractivity contribution >= 4 is 11.8 Å². The summed E-state index contributed by atoms with van der Waals surface area (Å²) in [5.41, 5.74) is 0. The number of nitrogens with one attached hydrogen (secondary N) is 1. The van der Waals surface area contributed by atoms with E-state index in [4.69, 9.17) is 0 Å². The van der Waals surface area contributed by atoms with E-state index in [1.165, 1.54) is 38.6 Å². The molecule has 0 fully saturated rings. The molecule has 1 nitrogen and oxygen atoms in total. The zero-order valence-electron chi connectivity index (χ0n) is 10.4. The zero-order valence-corrected chi connectivity index (χ0v) is 11.2. The molecule has 86 valence electrons. The fourth-order valence-electron chi connectivity index (χ4n) is 1.32. The lowest BCUT2D eigenvalue weighted by Crippen LogP contribution is -2.32. The molecule has 0 spiro atoms. The predicted octanol–water partition coefficient (Wildman–Crippen LogP) is 3.69. The van der Waals surface area contributed by atoms with Crippen molar-refractivity contribution in [1.82, 2.24) is 5.32 Å². The Balaban J connectivity index is 3.13. The highest BCUT2D eigenvalue weighted by Crippen LogP contribution is 2.19. The number of hydrogen-bond donors (Lipinski definition) is 1. The Bertz CT molecular complexity index is 123. The molecule has 0 unspecified atom stereocenters. The van der Waals surface area contributed by atoms with Gasteiger partial charge >= 0.3 is 0 Å². The van der Waals surface area contributed by atoms with Crippen molar-refractivity contribution in [2.75, 3.05) is 19.3 Å². The van der Waals surface area contributed by atoms with Gasteiger partial charge in [-0.1, -0.05) is 32.6 Å². The number of hydrogen-bond acceptors (Lipinski definition) is 2. The lowest BCUT2D eigenvalue weighted by atomic mass is 10.1. The van der Waals surface area contributed by atoms with E-state index in [9.17, 15) is 0 Å². The molecule has 0 aromatic rings. The van der Waals surface area contributed by atoms with Crippen LogP contribution in [-0.4, -0.2) is 24.1 Å². The Hall–Kier alpha value is 0.310. The molecular weight excluding hydrogens is 190 g/mol. The van der Waals surface area contributed by atoms with Crippen LogP contribution in [-0.2, 0) is 0 Å². The third kappa shape index (κ3) is 8.89. The molecule has 0 saturated carbocycles. The molecule has 14 heavy (non-hydrogen) atoms. The normalized spacial score (nSPS) is 12.0. The number of unbranched alkanes of at least 4 members (excludes halogenated alkanes) is 4. The van der Waals surface area contributed by atoms with Crippen LogP contribution in [0.25, 0.3) is 0 Å². The Morgan fingerprint density at radius 2 is 1.71 bits per heavy atom. The van der Waals surface area contributed by atoms with Gasteiger partial charge in [-0.3, -0.25) is 0 Å². The highest BCUT2D eigenvalue weighted by Gasteiger charge is 2.14. The van der Waals surface area contributed by atoms with Crippen LogP contribution in [0.2, 0.25) is 0 Å². The quantitative estimate of drug-likeness (QED) is 0.591. The second-order valence-electron chi connectivity index (χ2n) is 4.55. The summed E-state index contributed by atoms with van der Waals surface area (Å²) in [5.74, 6) is 0. The van der Waals surface area contributed by atoms with Crippen LogP contribution in [0.4, 0.5) is 0 Å². The Morgan fingerprint density at radius 3 is 2.29 bits per heavy atom. The number of thioether (sulfide) groups is 1. The van der Waals surface area contributed by atoms with E-state index in [0.717, 1.165) is 6.54 Å². The van der Waals surface area contributed by atoms with Gasteiger partial charge in [-0.05, 0) is 33.1 Å². The molecule has 0 amide bonds. The van der Waals surface area contributed by atoms with Gasteiger partial charge in [-0.15, -0.1) is 0 Å². The summed E-state index contributed by atoms with van der Waals surface area (Å²) < 4.78 is 0.392. The highest BCUT2D eigenvalue weighted by atomic mass is 32.2. The van der Waals surface area contributed by atoms with Gasteiger partial charge in [0.05, 0.1) is 0 Å². The molecule has 0 heterocycles. The fourth-order valence-corrected chi connectivity index (χ4v) is 1.56. The summed E-state index contributed by atoms with van der Waals surface area (Å²) in [4.78, 5) is 0. The molecule has 0 saturated heterocycles. The molecule has 0 aliphatic carbocycles. The van der Waals surface area contributed by atoms with Gasteiger partial charge in [-0.25, -0.2) is 0 Å². The number of rotatable bonds is 9. The topological polar surface area (TPSA) is 12.0 Å². The summed E-state index contributed by atoms with van der Waals surface area (Å²) in [7, 11) is 0. The zero-order chi connectivity index (χ0) is 10.9. The summed E-state index contributed by atoms with van der Waals surface area (Å²) in [6, 6.07) is 0. The van der Waals surface area contributed by atoms with E-state index in [1.54, 1.807) is 0 Å². The second-order valence-corrected chi connectivity index (χ2v) is 6.07. The molecular formula is C12H27NS. The maximum absolute atomic E-state index is 3.53. The average Bonchev–Trinajstić information content (AvgIpc) is 2.16. The molecule has 0 rings (SSSR count). The maximum atomic E-state index is 3.53. The summed E-state index contributed by atoms with van der Waals surface area (Å²) >= 11 is 1.94. The minimum atomic E-state index is 0.392. The Kier molecular flexibility index (Phi) is 8.80. The first-order chi connectivity index (χ1) is 6.62. The van der Waals surface area contributed by atoms with Gasteiger partial charge in [0.25, 0.3) is 0 Å². The van der Waals surface area contributed by atoms with Crippen LogP contribution in [0, 0.1) is 0 Å². The van der Waals surface area contributed by atoms with Crippen LogP contribution >= 0.6 is 11.8 Å². The molecule has 0 aliphatic heterocycles. The molecule has 0 radical (unpaired) electrons. The van der Waals surface area contributed by atoms with Gasteiger partial charge in [0.15, 0.2) is 0 Å². The van der Waals surface area contributed by atoms with Gasteiger partial charge in [0, 0.05) is 11.3 Å². The standard InChI is InChI=1S/C12H27NS/c1-5-6-7-8-9-10-13-11-12(2,3)14-4/h13H,5-11H2,1-4H3. The Labute approximate surface area is 94.4 Å². The monoisotopic (exact) mass is 217 g/mol. The van der Waals surface area contributed by atoms with Gasteiger partial charge in [0.2, 0.25) is 0 Å². The highest BCUT2D eigenvalue weighted by molar-refractivity contribution is 7.99. The first-order valence-electron chi connectivity index (χ1n) is 5.88. The lowest BCUT2D eigenvalue weighted by Gasteiger charge is -2.22. The molecule has 0 aromatic carbocycles. The van der Waals surface area contributed by atoms with Crippen molar-refractivity contribution in [2.45, 2.75) is 57.6 Å². The van der Waals surface area contributed by atoms with Crippen molar-refractivity contribution in [3.05, 3.63) is 0 Å². The van der Waals surface area contributed by atoms with E-state index in [0.29, 0.717) is 4.75 Å². The van der Waals surface area contributed by atoms with Crippen molar-refractivity contribution in [3.63, 3.8) is 0 Å². The summed E-state index contributed by atoms with van der Waals surface area (Å²) in [5, 5.41) is 3.53. The van der Waals surface area contributed by atoms with E-state index >= 15 is 0 Å². The van der Waals surface area contributed by atoms with Crippen LogP contribution in [0.5, 0.6) is 0 Å². The molecule has 0 aromatic heterocycles. The van der Waals surface area contributed by atoms with E-state index in [-0.39, 0.29) is 0 Å². The minimum absolute atomic E-state index is 0.392. The van der Waals surface area contributed by atoms with E-state index in [2.05, 4.69) is 32.3 Å². The van der Waals surface area contributed by atoms with Crippen LogP contribution in [0.1, 0.15) is 52.9 Å². The van der Waals surface area contributed by atoms with Crippen LogP contribution in [0.3, 0.4) is 0 Å². The van der Waals surface area contributed by atoms with Gasteiger partial charge in [-0.2, -0.15) is 11.8 Å². The van der Waals surface area contributed by atoms with Crippen molar-refractivity contribution in [3.8, 4) is 0 Å². The Morgan fingerprint density at radius 1 is 1.07 bits per heavy atom. The van der Waals surface area contributed by atoms with Crippen LogP contribution < -0.4 is 5.32 Å². The van der Waals surface area contributed by atoms with Crippen molar-refractivity contribution in [2.24, 2.45) is 0 Å². The molecule has 0 bridgehead atoms. The van der Waals surface area contributed by atoms with Gasteiger partial charge < -0.3 is 5.32 Å². The third-order valence-corrected chi connectivity index (χ3v) is 3.81. The summed E-state index contributed by atoms with van der Waals surface area (Å²) in [6.45, 7) is 9.17. The van der Waals surface area contributed by atoms with Crippen LogP contribution in [0.15, 0.2) is 0 Å². The predicted molar refractivity (Wildman–Crippen MR) is 69.2 cm³/mol. The van der Waals surface area contributed by atoms with Crippen molar-refractivity contribution < 1.29 is 0 Å². The third-order valence-electron chi connectivity index (χ3n) is 2.56. The summed E-state index contributed by atoms with van der Waals surface area (Å²) in [6.07, 6.45) is 9.06. The van der Waals surface area contributed by atoms with E-state index in [1.807, 2.05) is 11.8 Å². The van der Waals surface area contributed by atoms with E-state index < -0.39 is 0 Å². The maximum Gasteiger partial charge on any atom is 0.0225 e. The molecule has 2 heteroatoms. The first-order valence-corrected chi connectivity index (χ1v) is 7.10. The van der Waals surface area contributed by atoms with Gasteiger partial charge in [0.1, 0.15) is 0 Å². The fraction of sp³-hybridized carbons (Fsp3) is 1.00. The smallest absolute Gasteiger partial charge is 0.0225 e. The SMILES string of the molecule is CCCCCCCNCC(C)(C)SC. The van der Waals surface area contributed by atoms with Crippen molar-refractivity contribution in [1.29, 1.82) is 0 Å². The lowest BCUT2D eigenvalue weighted by molar-refractivity contribution is 0.549. The molecule has 1 N–H and O–H groups in total. The second kappa shape index (κ2) is 8.60. The average molecular weight is 217 g/mol. The molecule has 0 atom stereocenters.